The Labute approximate surface area is 250 Å². The van der Waals surface area contributed by atoms with Crippen LogP contribution in [0.25, 0.3) is 6.08 Å². The van der Waals surface area contributed by atoms with Gasteiger partial charge in [0.25, 0.3) is 0 Å². The van der Waals surface area contributed by atoms with Crippen LogP contribution in [0.5, 0.6) is 0 Å². The van der Waals surface area contributed by atoms with Crippen LogP contribution in [-0.2, 0) is 27.2 Å². The fourth-order valence-corrected chi connectivity index (χ4v) is 2.80. The van der Waals surface area contributed by atoms with Gasteiger partial charge in [-0.25, -0.2) is 0 Å². The monoisotopic (exact) mass is 562 g/mol. The third-order valence-electron chi connectivity index (χ3n) is 4.95. The topological polar surface area (TPSA) is 103 Å². The van der Waals surface area contributed by atoms with Crippen LogP contribution in [-0.4, -0.2) is 29.4 Å². The highest BCUT2D eigenvalue weighted by molar-refractivity contribution is 5.91. The Morgan fingerprint density at radius 3 is 1.12 bits per heavy atom. The number of carbonyl (C=O) groups excluding carboxylic acids is 3. The quantitative estimate of drug-likeness (QED) is 0.274. The van der Waals surface area contributed by atoms with E-state index in [1.165, 1.54) is 13.8 Å². The number of hydrogen-bond donors (Lipinski definition) is 2. The summed E-state index contributed by atoms with van der Waals surface area (Å²) >= 11 is 0. The van der Waals surface area contributed by atoms with E-state index in [1.54, 1.807) is 13.0 Å². The molecule has 5 heteroatoms. The van der Waals surface area contributed by atoms with Gasteiger partial charge < -0.3 is 11.5 Å². The van der Waals surface area contributed by atoms with Crippen LogP contribution in [0.4, 0.5) is 0 Å². The average molecular weight is 563 g/mol. The summed E-state index contributed by atoms with van der Waals surface area (Å²) in [4.78, 5) is 32.2. The molecule has 0 aromatic heterocycles. The summed E-state index contributed by atoms with van der Waals surface area (Å²) in [6, 6.07) is 28.6. The van der Waals surface area contributed by atoms with Crippen LogP contribution < -0.4 is 11.5 Å². The van der Waals surface area contributed by atoms with Crippen LogP contribution in [0.15, 0.2) is 97.1 Å². The number of ketones is 3. The summed E-state index contributed by atoms with van der Waals surface area (Å²) in [7, 11) is 0. The Bertz CT molecular complexity index is 992. The average Bonchev–Trinajstić information content (AvgIpc) is 3.01. The molecular formula is C36H54N2O3. The first-order chi connectivity index (χ1) is 19.7. The van der Waals surface area contributed by atoms with E-state index in [0.717, 1.165) is 16.7 Å². The maximum atomic E-state index is 10.8. The van der Waals surface area contributed by atoms with Gasteiger partial charge in [0.1, 0.15) is 11.6 Å². The maximum Gasteiger partial charge on any atom is 0.152 e. The van der Waals surface area contributed by atoms with Gasteiger partial charge in [0.2, 0.25) is 0 Å². The highest BCUT2D eigenvalue weighted by Gasteiger charge is 2.08. The minimum Gasteiger partial charge on any atom is -0.321 e. The van der Waals surface area contributed by atoms with E-state index in [0.29, 0.717) is 12.8 Å². The van der Waals surface area contributed by atoms with E-state index in [2.05, 4.69) is 0 Å². The predicted octanol–water partition coefficient (Wildman–Crippen LogP) is 7.66. The maximum absolute atomic E-state index is 10.8. The van der Waals surface area contributed by atoms with Gasteiger partial charge in [-0.15, -0.1) is 0 Å². The molecule has 2 atom stereocenters. The number of Topliss-reactive ketones (excluding diaryl/α,β-unsaturated/α-hetero) is 2. The predicted molar refractivity (Wildman–Crippen MR) is 178 cm³/mol. The zero-order valence-corrected chi connectivity index (χ0v) is 26.8. The van der Waals surface area contributed by atoms with Crippen molar-refractivity contribution in [1.82, 2.24) is 0 Å². The van der Waals surface area contributed by atoms with Gasteiger partial charge in [-0.05, 0) is 56.4 Å². The van der Waals surface area contributed by atoms with Gasteiger partial charge in [-0.2, -0.15) is 0 Å². The minimum atomic E-state index is -0.354. The summed E-state index contributed by atoms with van der Waals surface area (Å²) in [6.07, 6.45) is 4.64. The lowest BCUT2D eigenvalue weighted by Gasteiger charge is -2.06. The van der Waals surface area contributed by atoms with Crippen molar-refractivity contribution < 1.29 is 14.4 Å². The molecule has 0 unspecified atom stereocenters. The summed E-state index contributed by atoms with van der Waals surface area (Å²) in [5.41, 5.74) is 14.5. The van der Waals surface area contributed by atoms with Gasteiger partial charge in [0, 0.05) is 0 Å². The molecule has 3 rings (SSSR count). The lowest BCUT2D eigenvalue weighted by atomic mass is 10.0. The molecule has 0 aliphatic rings. The third-order valence-corrected chi connectivity index (χ3v) is 4.95. The molecule has 0 amide bonds. The van der Waals surface area contributed by atoms with Crippen LogP contribution in [0, 0.1) is 0 Å². The third kappa shape index (κ3) is 25.1. The molecule has 4 N–H and O–H groups in total. The van der Waals surface area contributed by atoms with E-state index >= 15 is 0 Å². The largest absolute Gasteiger partial charge is 0.321 e. The smallest absolute Gasteiger partial charge is 0.152 e. The zero-order valence-electron chi connectivity index (χ0n) is 26.8. The van der Waals surface area contributed by atoms with Crippen LogP contribution in [0.3, 0.4) is 0 Å². The van der Waals surface area contributed by atoms with Crippen LogP contribution >= 0.6 is 0 Å². The van der Waals surface area contributed by atoms with Crippen molar-refractivity contribution in [1.29, 1.82) is 0 Å². The molecule has 0 heterocycles. The van der Waals surface area contributed by atoms with Crippen LogP contribution in [0.2, 0.25) is 0 Å². The second kappa shape index (κ2) is 29.3. The lowest BCUT2D eigenvalue weighted by molar-refractivity contribution is -0.119. The Morgan fingerprint density at radius 1 is 0.561 bits per heavy atom. The molecule has 226 valence electrons. The number of rotatable bonds is 8. The summed E-state index contributed by atoms with van der Waals surface area (Å²) in [6.45, 7) is 16.6. The number of hydrogen-bond acceptors (Lipinski definition) is 5. The van der Waals surface area contributed by atoms with E-state index in [1.807, 2.05) is 139 Å². The molecule has 5 nitrogen and oxygen atoms in total. The normalized spacial score (nSPS) is 10.5. The second-order valence-corrected chi connectivity index (χ2v) is 8.17. The molecule has 0 aliphatic carbocycles. The minimum absolute atomic E-state index is 0.0406. The molecule has 3 aromatic carbocycles. The van der Waals surface area contributed by atoms with Crippen molar-refractivity contribution in [3.8, 4) is 0 Å². The van der Waals surface area contributed by atoms with E-state index in [4.69, 9.17) is 11.5 Å². The first kappa shape index (κ1) is 41.8. The van der Waals surface area contributed by atoms with Crippen molar-refractivity contribution in [2.24, 2.45) is 11.5 Å². The number of allylic oxidation sites excluding steroid dienone is 1. The molecular weight excluding hydrogens is 508 g/mol. The fraction of sp³-hybridized carbons (Fsp3) is 0.361. The van der Waals surface area contributed by atoms with Crippen molar-refractivity contribution in [2.75, 3.05) is 0 Å². The number of benzene rings is 3. The number of nitrogens with two attached hydrogens (primary N) is 2. The first-order valence-corrected chi connectivity index (χ1v) is 14.5. The van der Waals surface area contributed by atoms with Gasteiger partial charge >= 0.3 is 0 Å². The fourth-order valence-electron chi connectivity index (χ4n) is 2.80. The lowest BCUT2D eigenvalue weighted by Crippen LogP contribution is -2.30. The van der Waals surface area contributed by atoms with E-state index in [-0.39, 0.29) is 29.4 Å². The highest BCUT2D eigenvalue weighted by atomic mass is 16.1. The second-order valence-electron chi connectivity index (χ2n) is 8.17. The summed E-state index contributed by atoms with van der Waals surface area (Å²) in [5, 5.41) is 0. The van der Waals surface area contributed by atoms with E-state index < -0.39 is 0 Å². The van der Waals surface area contributed by atoms with Crippen molar-refractivity contribution in [2.45, 2.75) is 87.2 Å². The zero-order chi connectivity index (χ0) is 32.1. The summed E-state index contributed by atoms with van der Waals surface area (Å²) < 4.78 is 0. The molecule has 0 bridgehead atoms. The first-order valence-electron chi connectivity index (χ1n) is 14.5. The standard InChI is InChI=1S/2C10H13NO.C10H10O.3C2H6/c2*1-8(12)10(11)7-9-5-3-2-4-6-9;1-9(11)7-8-10-5-3-2-4-6-10;3*1-2/h2*2-6,10H,7,11H2,1H3;2-8H,1H3;3*1-2H3/b;;8-7+;;;/t2*10-;;;;/m10..../s1. The molecule has 0 spiro atoms. The molecule has 0 fully saturated rings. The van der Waals surface area contributed by atoms with Gasteiger partial charge in [0.05, 0.1) is 12.1 Å². The Kier molecular flexibility index (Phi) is 29.9. The Balaban J connectivity index is -0.000000483. The Hall–Kier alpha value is -3.67. The van der Waals surface area contributed by atoms with Gasteiger partial charge in [-0.3, -0.25) is 14.4 Å². The Morgan fingerprint density at radius 2 is 0.854 bits per heavy atom. The van der Waals surface area contributed by atoms with Crippen molar-refractivity contribution >= 4 is 23.4 Å². The highest BCUT2D eigenvalue weighted by Crippen LogP contribution is 2.03. The molecule has 3 aromatic rings. The molecule has 0 aliphatic heterocycles. The molecule has 0 radical (unpaired) electrons. The van der Waals surface area contributed by atoms with Crippen molar-refractivity contribution in [3.63, 3.8) is 0 Å². The summed E-state index contributed by atoms with van der Waals surface area (Å²) in [5.74, 6) is 0.159. The SMILES string of the molecule is CC.CC.CC.CC(=O)/C=C/c1ccccc1.CC(=O)[C@@H](N)Cc1ccccc1.CC(=O)[C@H](N)Cc1ccccc1. The molecule has 0 saturated heterocycles. The molecule has 41 heavy (non-hydrogen) atoms. The van der Waals surface area contributed by atoms with Crippen molar-refractivity contribution in [3.05, 3.63) is 114 Å². The van der Waals surface area contributed by atoms with Gasteiger partial charge in [-0.1, -0.05) is 139 Å². The van der Waals surface area contributed by atoms with Gasteiger partial charge in [0.15, 0.2) is 5.78 Å². The van der Waals surface area contributed by atoms with E-state index in [9.17, 15) is 14.4 Å². The van der Waals surface area contributed by atoms with Crippen LogP contribution in [0.1, 0.15) is 79.0 Å². The number of carbonyl (C=O) groups is 3. The molecule has 0 saturated carbocycles.